The molecular formula is C15H12ClFN2OS. The molecule has 2 rings (SSSR count). The molecule has 0 aliphatic heterocycles. The summed E-state index contributed by atoms with van der Waals surface area (Å²) < 4.78 is 13.5. The molecule has 0 aromatic heterocycles. The Morgan fingerprint density at radius 1 is 1.24 bits per heavy atom. The molecular weight excluding hydrogens is 311 g/mol. The highest BCUT2D eigenvalue weighted by molar-refractivity contribution is 7.80. The Morgan fingerprint density at radius 3 is 2.62 bits per heavy atom. The van der Waals surface area contributed by atoms with Gasteiger partial charge in [0.15, 0.2) is 5.11 Å². The molecule has 0 heterocycles. The quantitative estimate of drug-likeness (QED) is 0.824. The molecule has 0 aliphatic rings. The highest BCUT2D eigenvalue weighted by atomic mass is 35.5. The van der Waals surface area contributed by atoms with Crippen molar-refractivity contribution in [2.75, 3.05) is 5.32 Å². The number of hydrogen-bond donors (Lipinski definition) is 2. The van der Waals surface area contributed by atoms with Crippen LogP contribution in [0.3, 0.4) is 0 Å². The molecule has 0 unspecified atom stereocenters. The summed E-state index contributed by atoms with van der Waals surface area (Å²) in [6, 6.07) is 11.0. The number of nitrogens with one attached hydrogen (secondary N) is 2. The zero-order valence-corrected chi connectivity index (χ0v) is 12.7. The lowest BCUT2D eigenvalue weighted by molar-refractivity contribution is 0.0974. The van der Waals surface area contributed by atoms with Gasteiger partial charge in [-0.2, -0.15) is 0 Å². The van der Waals surface area contributed by atoms with Crippen molar-refractivity contribution in [2.24, 2.45) is 0 Å². The number of amides is 1. The number of carbonyl (C=O) groups excluding carboxylic acids is 1. The Balaban J connectivity index is 2.03. The van der Waals surface area contributed by atoms with E-state index in [9.17, 15) is 9.18 Å². The lowest BCUT2D eigenvalue weighted by Crippen LogP contribution is -2.34. The van der Waals surface area contributed by atoms with E-state index in [-0.39, 0.29) is 10.7 Å². The number of aryl methyl sites for hydroxylation is 1. The van der Waals surface area contributed by atoms with Crippen LogP contribution in [0.15, 0.2) is 42.5 Å². The first-order valence-corrected chi connectivity index (χ1v) is 6.89. The van der Waals surface area contributed by atoms with Crippen LogP contribution in [0.2, 0.25) is 5.02 Å². The molecule has 1 amide bonds. The van der Waals surface area contributed by atoms with Crippen LogP contribution >= 0.6 is 23.8 Å². The number of anilines is 1. The van der Waals surface area contributed by atoms with E-state index in [2.05, 4.69) is 10.6 Å². The topological polar surface area (TPSA) is 41.1 Å². The van der Waals surface area contributed by atoms with Gasteiger partial charge >= 0.3 is 0 Å². The molecule has 6 heteroatoms. The molecule has 3 nitrogen and oxygen atoms in total. The molecule has 0 saturated carbocycles. The first-order chi connectivity index (χ1) is 9.97. The maximum Gasteiger partial charge on any atom is 0.260 e. The van der Waals surface area contributed by atoms with Crippen molar-refractivity contribution in [3.05, 3.63) is 64.4 Å². The van der Waals surface area contributed by atoms with Gasteiger partial charge in [0.05, 0.1) is 5.56 Å². The Bertz CT molecular complexity index is 706. The predicted molar refractivity (Wildman–Crippen MR) is 86.3 cm³/mol. The Labute approximate surface area is 132 Å². The number of rotatable bonds is 2. The number of halogens is 2. The molecule has 0 aliphatic carbocycles. The highest BCUT2D eigenvalue weighted by Crippen LogP contribution is 2.19. The fourth-order valence-electron chi connectivity index (χ4n) is 1.65. The van der Waals surface area contributed by atoms with Crippen molar-refractivity contribution in [2.45, 2.75) is 6.92 Å². The lowest BCUT2D eigenvalue weighted by Gasteiger charge is -2.10. The zero-order chi connectivity index (χ0) is 15.4. The number of thiocarbonyl (C=S) groups is 1. The second-order valence-corrected chi connectivity index (χ2v) is 5.17. The number of carbonyl (C=O) groups is 1. The Kier molecular flexibility index (Phi) is 4.88. The summed E-state index contributed by atoms with van der Waals surface area (Å²) in [7, 11) is 0. The standard InChI is InChI=1S/C15H12ClFN2OS/c1-9-6-7-10(8-12(9)16)18-15(21)19-14(20)11-4-2-3-5-13(11)17/h2-8H,1H3,(H2,18,19,20,21). The molecule has 108 valence electrons. The Hall–Kier alpha value is -1.98. The van der Waals surface area contributed by atoms with Gasteiger partial charge in [0.25, 0.3) is 5.91 Å². The van der Waals surface area contributed by atoms with Gasteiger partial charge in [-0.25, -0.2) is 4.39 Å². The van der Waals surface area contributed by atoms with Gasteiger partial charge in [0.1, 0.15) is 5.82 Å². The van der Waals surface area contributed by atoms with E-state index in [1.807, 2.05) is 13.0 Å². The molecule has 0 saturated heterocycles. The molecule has 2 aromatic rings. The van der Waals surface area contributed by atoms with Crippen molar-refractivity contribution in [3.8, 4) is 0 Å². The van der Waals surface area contributed by atoms with Crippen LogP contribution in [-0.2, 0) is 0 Å². The molecule has 0 spiro atoms. The lowest BCUT2D eigenvalue weighted by atomic mass is 10.2. The molecule has 2 N–H and O–H groups in total. The second kappa shape index (κ2) is 6.65. The summed E-state index contributed by atoms with van der Waals surface area (Å²) in [6.07, 6.45) is 0. The van der Waals surface area contributed by atoms with Crippen LogP contribution in [-0.4, -0.2) is 11.0 Å². The summed E-state index contributed by atoms with van der Waals surface area (Å²) in [6.45, 7) is 1.88. The van der Waals surface area contributed by atoms with Gasteiger partial charge in [0.2, 0.25) is 0 Å². The third kappa shape index (κ3) is 4.00. The summed E-state index contributed by atoms with van der Waals surface area (Å²) in [5.74, 6) is -1.21. The van der Waals surface area contributed by atoms with Gasteiger partial charge in [-0.15, -0.1) is 0 Å². The van der Waals surface area contributed by atoms with E-state index in [0.29, 0.717) is 10.7 Å². The Morgan fingerprint density at radius 2 is 1.95 bits per heavy atom. The minimum absolute atomic E-state index is 0.0661. The summed E-state index contributed by atoms with van der Waals surface area (Å²) in [5.41, 5.74) is 1.51. The maximum absolute atomic E-state index is 13.5. The van der Waals surface area contributed by atoms with Crippen LogP contribution < -0.4 is 10.6 Å². The summed E-state index contributed by atoms with van der Waals surface area (Å²) in [5, 5.41) is 5.90. The predicted octanol–water partition coefficient (Wildman–Crippen LogP) is 3.91. The van der Waals surface area contributed by atoms with E-state index in [0.717, 1.165) is 5.56 Å². The first kappa shape index (κ1) is 15.4. The molecule has 21 heavy (non-hydrogen) atoms. The van der Waals surface area contributed by atoms with Gasteiger partial charge in [-0.3, -0.25) is 10.1 Å². The van der Waals surface area contributed by atoms with E-state index >= 15 is 0 Å². The average molecular weight is 323 g/mol. The zero-order valence-electron chi connectivity index (χ0n) is 11.1. The monoisotopic (exact) mass is 322 g/mol. The fraction of sp³-hybridized carbons (Fsp3) is 0.0667. The van der Waals surface area contributed by atoms with Crippen LogP contribution in [0.25, 0.3) is 0 Å². The number of hydrogen-bond acceptors (Lipinski definition) is 2. The summed E-state index contributed by atoms with van der Waals surface area (Å²) >= 11 is 11.0. The fourth-order valence-corrected chi connectivity index (χ4v) is 2.04. The average Bonchev–Trinajstić information content (AvgIpc) is 2.43. The van der Waals surface area contributed by atoms with Crippen LogP contribution in [0, 0.1) is 12.7 Å². The molecule has 2 aromatic carbocycles. The van der Waals surface area contributed by atoms with E-state index in [4.69, 9.17) is 23.8 Å². The normalized spacial score (nSPS) is 10.0. The number of benzene rings is 2. The minimum atomic E-state index is -0.608. The van der Waals surface area contributed by atoms with E-state index < -0.39 is 11.7 Å². The van der Waals surface area contributed by atoms with E-state index in [1.165, 1.54) is 18.2 Å². The molecule has 0 atom stereocenters. The van der Waals surface area contributed by atoms with Crippen molar-refractivity contribution in [1.82, 2.24) is 5.32 Å². The molecule has 0 fully saturated rings. The van der Waals surface area contributed by atoms with Gasteiger partial charge in [0, 0.05) is 10.7 Å². The van der Waals surface area contributed by atoms with Gasteiger partial charge in [-0.1, -0.05) is 29.8 Å². The van der Waals surface area contributed by atoms with Crippen LogP contribution in [0.5, 0.6) is 0 Å². The van der Waals surface area contributed by atoms with Gasteiger partial charge < -0.3 is 5.32 Å². The van der Waals surface area contributed by atoms with Gasteiger partial charge in [-0.05, 0) is 49.0 Å². The third-order valence-electron chi connectivity index (χ3n) is 2.78. The van der Waals surface area contributed by atoms with Crippen molar-refractivity contribution in [1.29, 1.82) is 0 Å². The highest BCUT2D eigenvalue weighted by Gasteiger charge is 2.12. The molecule has 0 bridgehead atoms. The van der Waals surface area contributed by atoms with Crippen LogP contribution in [0.1, 0.15) is 15.9 Å². The second-order valence-electron chi connectivity index (χ2n) is 4.35. The molecule has 0 radical (unpaired) electrons. The van der Waals surface area contributed by atoms with E-state index in [1.54, 1.807) is 18.2 Å². The largest absolute Gasteiger partial charge is 0.332 e. The maximum atomic E-state index is 13.5. The van der Waals surface area contributed by atoms with Crippen molar-refractivity contribution >= 4 is 40.5 Å². The summed E-state index contributed by atoms with van der Waals surface area (Å²) in [4.78, 5) is 11.9. The minimum Gasteiger partial charge on any atom is -0.332 e. The van der Waals surface area contributed by atoms with Crippen molar-refractivity contribution < 1.29 is 9.18 Å². The van der Waals surface area contributed by atoms with Crippen LogP contribution in [0.4, 0.5) is 10.1 Å². The van der Waals surface area contributed by atoms with Crippen molar-refractivity contribution in [3.63, 3.8) is 0 Å². The SMILES string of the molecule is Cc1ccc(NC(=S)NC(=O)c2ccccc2F)cc1Cl. The first-order valence-electron chi connectivity index (χ1n) is 6.10. The smallest absolute Gasteiger partial charge is 0.260 e. The third-order valence-corrected chi connectivity index (χ3v) is 3.39.